The SMILES string of the molecule is CN(C)C(CNc1ccc(S(N)(=O)=O)cc1S(C)(=O)=O)c1ccccc1Cl. The van der Waals surface area contributed by atoms with Gasteiger partial charge in [0, 0.05) is 17.8 Å². The summed E-state index contributed by atoms with van der Waals surface area (Å²) in [5, 5.41) is 8.80. The maximum absolute atomic E-state index is 12.1. The number of benzene rings is 2. The van der Waals surface area contributed by atoms with Crippen molar-refractivity contribution in [1.29, 1.82) is 0 Å². The molecule has 0 bridgehead atoms. The maximum atomic E-state index is 12.1. The Morgan fingerprint density at radius 3 is 2.26 bits per heavy atom. The number of sulfonamides is 1. The molecule has 0 fully saturated rings. The van der Waals surface area contributed by atoms with Gasteiger partial charge in [-0.1, -0.05) is 29.8 Å². The first-order chi connectivity index (χ1) is 12.4. The number of sulfone groups is 1. The average molecular weight is 432 g/mol. The first-order valence-electron chi connectivity index (χ1n) is 7.93. The van der Waals surface area contributed by atoms with Gasteiger partial charge in [0.1, 0.15) is 0 Å². The number of hydrogen-bond acceptors (Lipinski definition) is 6. The summed E-state index contributed by atoms with van der Waals surface area (Å²) in [6, 6.07) is 11.0. The van der Waals surface area contributed by atoms with E-state index in [1.54, 1.807) is 6.07 Å². The molecule has 1 unspecified atom stereocenters. The minimum Gasteiger partial charge on any atom is -0.382 e. The van der Waals surface area contributed by atoms with Crippen LogP contribution in [0.3, 0.4) is 0 Å². The number of nitrogens with zero attached hydrogens (tertiary/aromatic N) is 1. The zero-order chi connectivity index (χ0) is 20.4. The van der Waals surface area contributed by atoms with Crippen molar-refractivity contribution in [3.63, 3.8) is 0 Å². The fourth-order valence-corrected chi connectivity index (χ4v) is 4.41. The Kier molecular flexibility index (Phi) is 6.54. The predicted molar refractivity (Wildman–Crippen MR) is 107 cm³/mol. The van der Waals surface area contributed by atoms with Crippen LogP contribution in [-0.2, 0) is 19.9 Å². The van der Waals surface area contributed by atoms with Gasteiger partial charge in [-0.2, -0.15) is 0 Å². The fourth-order valence-electron chi connectivity index (χ4n) is 2.66. The number of hydrogen-bond donors (Lipinski definition) is 2. The van der Waals surface area contributed by atoms with Gasteiger partial charge in [-0.25, -0.2) is 22.0 Å². The van der Waals surface area contributed by atoms with Crippen LogP contribution in [0.1, 0.15) is 11.6 Å². The third-order valence-corrected chi connectivity index (χ3v) is 6.45. The molecule has 2 rings (SSSR count). The maximum Gasteiger partial charge on any atom is 0.238 e. The van der Waals surface area contributed by atoms with Gasteiger partial charge in [0.2, 0.25) is 10.0 Å². The summed E-state index contributed by atoms with van der Waals surface area (Å²) >= 11 is 6.29. The summed E-state index contributed by atoms with van der Waals surface area (Å²) in [4.78, 5) is 1.56. The molecular weight excluding hydrogens is 410 g/mol. The molecule has 0 spiro atoms. The van der Waals surface area contributed by atoms with E-state index in [4.69, 9.17) is 16.7 Å². The molecule has 1 atom stereocenters. The molecule has 7 nitrogen and oxygen atoms in total. The van der Waals surface area contributed by atoms with E-state index in [1.165, 1.54) is 12.1 Å². The molecule has 27 heavy (non-hydrogen) atoms. The van der Waals surface area contributed by atoms with E-state index in [-0.39, 0.29) is 15.8 Å². The van der Waals surface area contributed by atoms with E-state index < -0.39 is 19.9 Å². The molecule has 0 saturated carbocycles. The second-order valence-electron chi connectivity index (χ2n) is 6.36. The van der Waals surface area contributed by atoms with Crippen molar-refractivity contribution in [2.45, 2.75) is 15.8 Å². The molecule has 0 aliphatic rings. The van der Waals surface area contributed by atoms with Crippen molar-refractivity contribution in [2.24, 2.45) is 5.14 Å². The predicted octanol–water partition coefficient (Wildman–Crippen LogP) is 2.11. The van der Waals surface area contributed by atoms with E-state index in [0.29, 0.717) is 17.3 Å². The number of rotatable bonds is 7. The summed E-state index contributed by atoms with van der Waals surface area (Å²) in [5.41, 5.74) is 1.18. The van der Waals surface area contributed by atoms with Crippen LogP contribution in [0, 0.1) is 0 Å². The van der Waals surface area contributed by atoms with Crippen molar-refractivity contribution < 1.29 is 16.8 Å². The molecule has 10 heteroatoms. The van der Waals surface area contributed by atoms with Crippen LogP contribution in [0.5, 0.6) is 0 Å². The van der Waals surface area contributed by atoms with Crippen LogP contribution in [0.25, 0.3) is 0 Å². The van der Waals surface area contributed by atoms with Crippen LogP contribution in [-0.4, -0.2) is 48.6 Å². The van der Waals surface area contributed by atoms with Crippen LogP contribution in [0.4, 0.5) is 5.69 Å². The number of nitrogens with one attached hydrogen (secondary N) is 1. The molecule has 0 heterocycles. The Hall–Kier alpha value is -1.65. The van der Waals surface area contributed by atoms with Gasteiger partial charge < -0.3 is 10.2 Å². The van der Waals surface area contributed by atoms with Gasteiger partial charge in [-0.05, 0) is 43.9 Å². The van der Waals surface area contributed by atoms with Crippen LogP contribution >= 0.6 is 11.6 Å². The van der Waals surface area contributed by atoms with Crippen LogP contribution in [0.15, 0.2) is 52.3 Å². The first-order valence-corrected chi connectivity index (χ1v) is 11.7. The van der Waals surface area contributed by atoms with Gasteiger partial charge in [-0.15, -0.1) is 0 Å². The van der Waals surface area contributed by atoms with Crippen molar-refractivity contribution in [2.75, 3.05) is 32.2 Å². The minimum atomic E-state index is -4.01. The molecule has 0 aliphatic heterocycles. The summed E-state index contributed by atoms with van der Waals surface area (Å²) in [5.74, 6) is 0. The average Bonchev–Trinajstić information content (AvgIpc) is 2.54. The smallest absolute Gasteiger partial charge is 0.238 e. The molecule has 0 aromatic heterocycles. The zero-order valence-corrected chi connectivity index (χ0v) is 17.6. The molecule has 2 aromatic rings. The Morgan fingerprint density at radius 2 is 1.74 bits per heavy atom. The standard InChI is InChI=1S/C17H22ClN3O4S2/c1-21(2)16(13-6-4-5-7-14(13)18)11-20-15-9-8-12(27(19,24)25)10-17(15)26(3,22)23/h4-10,16,20H,11H2,1-3H3,(H2,19,24,25). The number of halogens is 1. The number of likely N-dealkylation sites (N-methyl/N-ethyl adjacent to an activating group) is 1. The van der Waals surface area contributed by atoms with Crippen LogP contribution < -0.4 is 10.5 Å². The third-order valence-electron chi connectivity index (χ3n) is 4.05. The summed E-state index contributed by atoms with van der Waals surface area (Å²) in [6.45, 7) is 0.355. The molecule has 0 radical (unpaired) electrons. The van der Waals surface area contributed by atoms with Crippen molar-refractivity contribution >= 4 is 37.1 Å². The van der Waals surface area contributed by atoms with Gasteiger partial charge in [-0.3, -0.25) is 0 Å². The lowest BCUT2D eigenvalue weighted by atomic mass is 10.1. The van der Waals surface area contributed by atoms with Gasteiger partial charge in [0.15, 0.2) is 9.84 Å². The van der Waals surface area contributed by atoms with E-state index in [9.17, 15) is 16.8 Å². The highest BCUT2D eigenvalue weighted by Crippen LogP contribution is 2.29. The topological polar surface area (TPSA) is 110 Å². The second-order valence-corrected chi connectivity index (χ2v) is 10.3. The molecule has 0 aliphatic carbocycles. The Balaban J connectivity index is 2.40. The largest absolute Gasteiger partial charge is 0.382 e. The number of anilines is 1. The van der Waals surface area contributed by atoms with E-state index in [0.717, 1.165) is 17.9 Å². The zero-order valence-electron chi connectivity index (χ0n) is 15.2. The first kappa shape index (κ1) is 21.6. The highest BCUT2D eigenvalue weighted by atomic mass is 35.5. The Labute approximate surface area is 165 Å². The number of primary sulfonamides is 1. The lowest BCUT2D eigenvalue weighted by molar-refractivity contribution is 0.312. The lowest BCUT2D eigenvalue weighted by Crippen LogP contribution is -2.27. The van der Waals surface area contributed by atoms with E-state index in [2.05, 4.69) is 5.32 Å². The molecule has 0 saturated heterocycles. The minimum absolute atomic E-state index is 0.134. The Morgan fingerprint density at radius 1 is 1.11 bits per heavy atom. The lowest BCUT2D eigenvalue weighted by Gasteiger charge is -2.27. The normalized spacial score (nSPS) is 13.6. The number of nitrogens with two attached hydrogens (primary N) is 1. The van der Waals surface area contributed by atoms with Crippen molar-refractivity contribution in [3.8, 4) is 0 Å². The quantitative estimate of drug-likeness (QED) is 0.694. The summed E-state index contributed by atoms with van der Waals surface area (Å²) in [6.07, 6.45) is 1.01. The van der Waals surface area contributed by atoms with Crippen molar-refractivity contribution in [1.82, 2.24) is 4.90 Å². The van der Waals surface area contributed by atoms with Gasteiger partial charge in [0.25, 0.3) is 0 Å². The third kappa shape index (κ3) is 5.43. The van der Waals surface area contributed by atoms with E-state index in [1.807, 2.05) is 37.2 Å². The van der Waals surface area contributed by atoms with Gasteiger partial charge in [0.05, 0.1) is 21.5 Å². The highest BCUT2D eigenvalue weighted by molar-refractivity contribution is 7.91. The highest BCUT2D eigenvalue weighted by Gasteiger charge is 2.21. The fraction of sp³-hybridized carbons (Fsp3) is 0.294. The second kappa shape index (κ2) is 8.15. The Bertz CT molecular complexity index is 1040. The van der Waals surface area contributed by atoms with E-state index >= 15 is 0 Å². The van der Waals surface area contributed by atoms with Gasteiger partial charge >= 0.3 is 0 Å². The summed E-state index contributed by atoms with van der Waals surface area (Å²) in [7, 11) is -3.92. The van der Waals surface area contributed by atoms with Crippen molar-refractivity contribution in [3.05, 3.63) is 53.1 Å². The molecule has 3 N–H and O–H groups in total. The molecular formula is C17H22ClN3O4S2. The van der Waals surface area contributed by atoms with Crippen LogP contribution in [0.2, 0.25) is 5.02 Å². The molecule has 2 aromatic carbocycles. The summed E-state index contributed by atoms with van der Waals surface area (Å²) < 4.78 is 47.3. The monoisotopic (exact) mass is 431 g/mol. The molecule has 0 amide bonds. The molecule has 148 valence electrons.